The number of Topliss-reactive ketones (excluding diaryl/α,β-unsaturated/α-hetero) is 2. The molecule has 2 saturated heterocycles. The van der Waals surface area contributed by atoms with Crippen molar-refractivity contribution in [3.05, 3.63) is 59.7 Å². The molecule has 2 fully saturated rings. The number of hydrogen-bond acceptors (Lipinski definition) is 6. The van der Waals surface area contributed by atoms with Gasteiger partial charge in [0.15, 0.2) is 11.6 Å². The first-order chi connectivity index (χ1) is 15.6. The highest BCUT2D eigenvalue weighted by atomic mass is 32.2. The standard InChI is InChI=1S/C23H26N2O6S2/c1-17(26)19-3-7-21(8-4-19)32(28)24-13-11-23(12-14-24)25(15-16-31-23)33(29,30)22-9-5-20(6-10-22)18(2)27/h3-10H,11-16H2,1-2H3. The molecule has 2 aliphatic heterocycles. The molecule has 0 N–H and O–H groups in total. The number of carbonyl (C=O) groups excluding carboxylic acids is 2. The van der Waals surface area contributed by atoms with Gasteiger partial charge in [-0.15, -0.1) is 0 Å². The lowest BCUT2D eigenvalue weighted by molar-refractivity contribution is -0.0802. The van der Waals surface area contributed by atoms with E-state index in [0.717, 1.165) is 0 Å². The summed E-state index contributed by atoms with van der Waals surface area (Å²) in [5, 5.41) is 0. The highest BCUT2D eigenvalue weighted by molar-refractivity contribution is 7.89. The number of ether oxygens (including phenoxy) is 1. The molecule has 8 nitrogen and oxygen atoms in total. The number of nitrogens with zero attached hydrogens (tertiary/aromatic N) is 2. The van der Waals surface area contributed by atoms with Crippen LogP contribution in [0.25, 0.3) is 0 Å². The van der Waals surface area contributed by atoms with E-state index >= 15 is 0 Å². The smallest absolute Gasteiger partial charge is 0.245 e. The van der Waals surface area contributed by atoms with Crippen LogP contribution in [0, 0.1) is 0 Å². The maximum atomic E-state index is 13.4. The number of sulfonamides is 1. The van der Waals surface area contributed by atoms with Crippen LogP contribution in [-0.4, -0.2) is 64.8 Å². The zero-order valence-electron chi connectivity index (χ0n) is 18.5. The van der Waals surface area contributed by atoms with E-state index in [0.29, 0.717) is 48.6 Å². The van der Waals surface area contributed by atoms with Crippen molar-refractivity contribution in [2.24, 2.45) is 0 Å². The van der Waals surface area contributed by atoms with Crippen LogP contribution in [0.5, 0.6) is 0 Å². The summed E-state index contributed by atoms with van der Waals surface area (Å²) in [6.07, 6.45) is 0.768. The maximum Gasteiger partial charge on any atom is 0.245 e. The van der Waals surface area contributed by atoms with Crippen LogP contribution in [0.1, 0.15) is 47.4 Å². The van der Waals surface area contributed by atoms with Crippen molar-refractivity contribution in [2.45, 2.75) is 42.2 Å². The van der Waals surface area contributed by atoms with E-state index in [1.54, 1.807) is 28.6 Å². The van der Waals surface area contributed by atoms with Crippen molar-refractivity contribution >= 4 is 32.6 Å². The van der Waals surface area contributed by atoms with Gasteiger partial charge in [0.25, 0.3) is 0 Å². The van der Waals surface area contributed by atoms with Gasteiger partial charge in [0.2, 0.25) is 10.0 Å². The van der Waals surface area contributed by atoms with Gasteiger partial charge in [-0.1, -0.05) is 24.3 Å². The van der Waals surface area contributed by atoms with Gasteiger partial charge in [0.1, 0.15) is 16.7 Å². The van der Waals surface area contributed by atoms with Crippen molar-refractivity contribution in [1.29, 1.82) is 0 Å². The fraction of sp³-hybridized carbons (Fsp3) is 0.391. The summed E-state index contributed by atoms with van der Waals surface area (Å²) in [4.78, 5) is 23.7. The van der Waals surface area contributed by atoms with Crippen LogP contribution < -0.4 is 0 Å². The van der Waals surface area contributed by atoms with Crippen LogP contribution in [0.2, 0.25) is 0 Å². The molecule has 2 aliphatic rings. The Balaban J connectivity index is 1.49. The largest absolute Gasteiger partial charge is 0.358 e. The van der Waals surface area contributed by atoms with E-state index in [4.69, 9.17) is 4.74 Å². The monoisotopic (exact) mass is 490 g/mol. The van der Waals surface area contributed by atoms with E-state index in [9.17, 15) is 22.2 Å². The average molecular weight is 491 g/mol. The number of piperidine rings is 1. The first-order valence-corrected chi connectivity index (χ1v) is 13.2. The zero-order valence-corrected chi connectivity index (χ0v) is 20.2. The molecular formula is C23H26N2O6S2. The van der Waals surface area contributed by atoms with E-state index < -0.39 is 26.7 Å². The van der Waals surface area contributed by atoms with Crippen molar-refractivity contribution in [3.8, 4) is 0 Å². The molecule has 176 valence electrons. The second-order valence-electron chi connectivity index (χ2n) is 8.21. The summed E-state index contributed by atoms with van der Waals surface area (Å²) in [5.41, 5.74) is 0.0374. The number of rotatable bonds is 6. The Kier molecular flexibility index (Phi) is 6.66. The summed E-state index contributed by atoms with van der Waals surface area (Å²) >= 11 is 0. The molecule has 0 saturated carbocycles. The molecule has 0 amide bonds. The van der Waals surface area contributed by atoms with Gasteiger partial charge in [0, 0.05) is 43.6 Å². The lowest BCUT2D eigenvalue weighted by Crippen LogP contribution is -2.54. The first kappa shape index (κ1) is 23.9. The number of ketones is 2. The molecule has 2 aromatic carbocycles. The summed E-state index contributed by atoms with van der Waals surface area (Å²) < 4.78 is 48.9. The van der Waals surface area contributed by atoms with Crippen molar-refractivity contribution in [2.75, 3.05) is 26.2 Å². The van der Waals surface area contributed by atoms with Gasteiger partial charge in [0.05, 0.1) is 16.4 Å². The molecule has 2 aromatic rings. The Morgan fingerprint density at radius 2 is 1.39 bits per heavy atom. The van der Waals surface area contributed by atoms with E-state index in [1.165, 1.54) is 42.4 Å². The summed E-state index contributed by atoms with van der Waals surface area (Å²) in [5.74, 6) is -0.181. The fourth-order valence-electron chi connectivity index (χ4n) is 4.27. The normalized spacial score (nSPS) is 20.1. The topological polar surface area (TPSA) is 101 Å². The first-order valence-electron chi connectivity index (χ1n) is 10.7. The summed E-state index contributed by atoms with van der Waals surface area (Å²) in [6, 6.07) is 12.6. The van der Waals surface area contributed by atoms with Gasteiger partial charge in [-0.3, -0.25) is 9.59 Å². The molecule has 1 unspecified atom stereocenters. The highest BCUT2D eigenvalue weighted by Gasteiger charge is 2.51. The predicted octanol–water partition coefficient (Wildman–Crippen LogP) is 2.63. The van der Waals surface area contributed by atoms with Crippen LogP contribution in [0.4, 0.5) is 0 Å². The molecule has 1 spiro atoms. The third kappa shape index (κ3) is 4.58. The Hall–Kier alpha value is -2.24. The van der Waals surface area contributed by atoms with Crippen LogP contribution in [-0.2, 0) is 25.7 Å². The average Bonchev–Trinajstić information content (AvgIpc) is 3.23. The van der Waals surface area contributed by atoms with Gasteiger partial charge in [-0.2, -0.15) is 4.31 Å². The SMILES string of the molecule is CC(=O)c1ccc(S(=O)N2CCC3(CC2)OCCN3S(=O)(=O)c2ccc(C(C)=O)cc2)cc1. The summed E-state index contributed by atoms with van der Waals surface area (Å²) in [7, 11) is -5.24. The molecule has 33 heavy (non-hydrogen) atoms. The minimum absolute atomic E-state index is 0.0529. The summed E-state index contributed by atoms with van der Waals surface area (Å²) in [6.45, 7) is 4.25. The molecule has 0 radical (unpaired) electrons. The van der Waals surface area contributed by atoms with Gasteiger partial charge in [-0.05, 0) is 38.1 Å². The Morgan fingerprint density at radius 1 is 0.879 bits per heavy atom. The van der Waals surface area contributed by atoms with E-state index in [2.05, 4.69) is 0 Å². The number of hydrogen-bond donors (Lipinski definition) is 0. The maximum absolute atomic E-state index is 13.4. The minimum Gasteiger partial charge on any atom is -0.358 e. The van der Waals surface area contributed by atoms with Gasteiger partial charge in [-0.25, -0.2) is 16.9 Å². The van der Waals surface area contributed by atoms with Gasteiger partial charge < -0.3 is 4.74 Å². The third-order valence-electron chi connectivity index (χ3n) is 6.17. The Labute approximate surface area is 196 Å². The molecule has 10 heteroatoms. The number of carbonyl (C=O) groups is 2. The molecule has 0 aromatic heterocycles. The Bertz CT molecular complexity index is 1180. The fourth-order valence-corrected chi connectivity index (χ4v) is 7.18. The minimum atomic E-state index is -3.82. The molecule has 1 atom stereocenters. The molecule has 0 aliphatic carbocycles. The van der Waals surface area contributed by atoms with Crippen molar-refractivity contribution < 1.29 is 27.0 Å². The molecule has 2 heterocycles. The van der Waals surface area contributed by atoms with Crippen LogP contribution >= 0.6 is 0 Å². The quantitative estimate of drug-likeness (QED) is 0.577. The van der Waals surface area contributed by atoms with Crippen molar-refractivity contribution in [3.63, 3.8) is 0 Å². The van der Waals surface area contributed by atoms with Gasteiger partial charge >= 0.3 is 0 Å². The number of benzene rings is 2. The Morgan fingerprint density at radius 3 is 1.91 bits per heavy atom. The lowest BCUT2D eigenvalue weighted by Gasteiger charge is -2.42. The van der Waals surface area contributed by atoms with Crippen LogP contribution in [0.3, 0.4) is 0 Å². The lowest BCUT2D eigenvalue weighted by atomic mass is 10.0. The molecular weight excluding hydrogens is 464 g/mol. The third-order valence-corrected chi connectivity index (χ3v) is 9.64. The van der Waals surface area contributed by atoms with E-state index in [-0.39, 0.29) is 23.0 Å². The van der Waals surface area contributed by atoms with Crippen molar-refractivity contribution in [1.82, 2.24) is 8.61 Å². The second-order valence-corrected chi connectivity index (χ2v) is 11.6. The highest BCUT2D eigenvalue weighted by Crippen LogP contribution is 2.39. The molecule has 0 bridgehead atoms. The predicted molar refractivity (Wildman–Crippen MR) is 123 cm³/mol. The zero-order chi connectivity index (χ0) is 23.8. The second kappa shape index (κ2) is 9.19. The van der Waals surface area contributed by atoms with Crippen LogP contribution in [0.15, 0.2) is 58.3 Å². The van der Waals surface area contributed by atoms with E-state index in [1.807, 2.05) is 0 Å². The molecule has 4 rings (SSSR count).